The van der Waals surface area contributed by atoms with Gasteiger partial charge in [-0.15, -0.1) is 0 Å². The molecule has 2 unspecified atom stereocenters. The predicted molar refractivity (Wildman–Crippen MR) is 93.3 cm³/mol. The van der Waals surface area contributed by atoms with Crippen molar-refractivity contribution < 1.29 is 14.3 Å². The maximum atomic E-state index is 12.2. The summed E-state index contributed by atoms with van der Waals surface area (Å²) in [7, 11) is 0. The molecule has 1 aromatic carbocycles. The fraction of sp³-hybridized carbons (Fsp3) is 0.632. The number of fused-ring (bicyclic) bond motifs is 1. The van der Waals surface area contributed by atoms with Gasteiger partial charge in [-0.2, -0.15) is 0 Å². The Kier molecular flexibility index (Phi) is 5.96. The van der Waals surface area contributed by atoms with Crippen LogP contribution in [0, 0.1) is 11.8 Å². The van der Waals surface area contributed by atoms with E-state index in [0.29, 0.717) is 38.0 Å². The molecule has 0 aliphatic carbocycles. The molecular weight excluding hydrogens is 304 g/mol. The van der Waals surface area contributed by atoms with Crippen molar-refractivity contribution in [2.24, 2.45) is 11.8 Å². The number of ether oxygens (including phenoxy) is 2. The van der Waals surface area contributed by atoms with Crippen LogP contribution in [0.25, 0.3) is 0 Å². The monoisotopic (exact) mass is 332 g/mol. The summed E-state index contributed by atoms with van der Waals surface area (Å²) in [5.74, 6) is 2.73. The fourth-order valence-corrected chi connectivity index (χ4v) is 3.41. The Morgan fingerprint density at radius 3 is 2.92 bits per heavy atom. The van der Waals surface area contributed by atoms with Crippen LogP contribution in [0.15, 0.2) is 18.2 Å². The second-order valence-corrected chi connectivity index (χ2v) is 6.90. The van der Waals surface area contributed by atoms with Crippen molar-refractivity contribution in [2.45, 2.75) is 39.2 Å². The zero-order valence-electron chi connectivity index (χ0n) is 14.5. The molecule has 2 heterocycles. The molecule has 2 aliphatic heterocycles. The first-order chi connectivity index (χ1) is 11.7. The van der Waals surface area contributed by atoms with Gasteiger partial charge in [0.25, 0.3) is 0 Å². The number of amides is 1. The lowest BCUT2D eigenvalue weighted by atomic mass is 9.85. The van der Waals surface area contributed by atoms with Crippen LogP contribution in [0.1, 0.15) is 38.2 Å². The number of nitrogens with one attached hydrogen (secondary N) is 2. The summed E-state index contributed by atoms with van der Waals surface area (Å²) in [5.41, 5.74) is 1.04. The number of hydrogen-bond acceptors (Lipinski definition) is 4. The molecule has 0 aromatic heterocycles. The Hall–Kier alpha value is -1.75. The van der Waals surface area contributed by atoms with Crippen molar-refractivity contribution in [3.8, 4) is 11.5 Å². The normalized spacial score (nSPS) is 21.6. The predicted octanol–water partition coefficient (Wildman–Crippen LogP) is 2.49. The molecular formula is C19H28N2O3. The molecule has 1 amide bonds. The fourth-order valence-electron chi connectivity index (χ4n) is 3.41. The lowest BCUT2D eigenvalue weighted by Gasteiger charge is -2.28. The zero-order chi connectivity index (χ0) is 16.8. The molecule has 3 rings (SSSR count). The van der Waals surface area contributed by atoms with E-state index >= 15 is 0 Å². The van der Waals surface area contributed by atoms with Crippen molar-refractivity contribution in [3.05, 3.63) is 23.8 Å². The van der Waals surface area contributed by atoms with Crippen molar-refractivity contribution in [1.82, 2.24) is 10.6 Å². The van der Waals surface area contributed by atoms with Gasteiger partial charge in [0.15, 0.2) is 11.5 Å². The van der Waals surface area contributed by atoms with Crippen LogP contribution in [0.3, 0.4) is 0 Å². The van der Waals surface area contributed by atoms with E-state index in [0.717, 1.165) is 36.6 Å². The summed E-state index contributed by atoms with van der Waals surface area (Å²) in [6.45, 7) is 6.23. The lowest BCUT2D eigenvalue weighted by molar-refractivity contribution is -0.122. The molecule has 0 radical (unpaired) electrons. The summed E-state index contributed by atoms with van der Waals surface area (Å²) >= 11 is 0. The lowest BCUT2D eigenvalue weighted by Crippen LogP contribution is -2.35. The van der Waals surface area contributed by atoms with Gasteiger partial charge in [0.1, 0.15) is 0 Å². The van der Waals surface area contributed by atoms with Gasteiger partial charge in [0, 0.05) is 19.4 Å². The molecule has 1 fully saturated rings. The molecule has 5 nitrogen and oxygen atoms in total. The quantitative estimate of drug-likeness (QED) is 0.870. The standard InChI is InChI=1S/C19H28N2O3/c1-14(16-4-2-7-20-13-16)10-19(22)21-12-15-5-6-17-18(11-15)24-9-3-8-23-17/h5-6,11,14,16,20H,2-4,7-10,12-13H2,1H3,(H,21,22). The Morgan fingerprint density at radius 1 is 1.29 bits per heavy atom. The molecule has 0 bridgehead atoms. The van der Waals surface area contributed by atoms with Crippen LogP contribution in [0.4, 0.5) is 0 Å². The van der Waals surface area contributed by atoms with Gasteiger partial charge in [-0.3, -0.25) is 4.79 Å². The first-order valence-electron chi connectivity index (χ1n) is 9.08. The summed E-state index contributed by atoms with van der Waals surface area (Å²) in [6, 6.07) is 5.89. The summed E-state index contributed by atoms with van der Waals surface area (Å²) in [4.78, 5) is 12.2. The highest BCUT2D eigenvalue weighted by Crippen LogP contribution is 2.30. The van der Waals surface area contributed by atoms with Crippen molar-refractivity contribution >= 4 is 5.91 Å². The first-order valence-corrected chi connectivity index (χ1v) is 9.08. The molecule has 0 saturated carbocycles. The minimum atomic E-state index is 0.125. The van der Waals surface area contributed by atoms with Gasteiger partial charge in [-0.1, -0.05) is 13.0 Å². The third-order valence-electron chi connectivity index (χ3n) is 4.95. The first kappa shape index (κ1) is 17.1. The average molecular weight is 332 g/mol. The Morgan fingerprint density at radius 2 is 2.12 bits per heavy atom. The van der Waals surface area contributed by atoms with Gasteiger partial charge in [0.2, 0.25) is 5.91 Å². The Bertz CT molecular complexity index is 556. The highest BCUT2D eigenvalue weighted by atomic mass is 16.5. The number of piperidine rings is 1. The Balaban J connectivity index is 1.48. The van der Waals surface area contributed by atoms with Gasteiger partial charge < -0.3 is 20.1 Å². The molecule has 24 heavy (non-hydrogen) atoms. The molecule has 1 aromatic rings. The molecule has 0 spiro atoms. The number of carbonyl (C=O) groups excluding carboxylic acids is 1. The van der Waals surface area contributed by atoms with Crippen molar-refractivity contribution in [2.75, 3.05) is 26.3 Å². The molecule has 2 N–H and O–H groups in total. The number of hydrogen-bond donors (Lipinski definition) is 2. The zero-order valence-corrected chi connectivity index (χ0v) is 14.5. The van der Waals surface area contributed by atoms with Crippen LogP contribution >= 0.6 is 0 Å². The third kappa shape index (κ3) is 4.63. The maximum absolute atomic E-state index is 12.2. The van der Waals surface area contributed by atoms with E-state index in [1.165, 1.54) is 12.8 Å². The summed E-state index contributed by atoms with van der Waals surface area (Å²) in [5, 5.41) is 6.46. The molecule has 2 atom stereocenters. The minimum absolute atomic E-state index is 0.125. The SMILES string of the molecule is CC(CC(=O)NCc1ccc2c(c1)OCCCO2)C1CCCNC1. The number of carbonyl (C=O) groups is 1. The minimum Gasteiger partial charge on any atom is -0.490 e. The Labute approximate surface area is 144 Å². The van der Waals surface area contributed by atoms with E-state index in [-0.39, 0.29) is 5.91 Å². The van der Waals surface area contributed by atoms with Gasteiger partial charge >= 0.3 is 0 Å². The van der Waals surface area contributed by atoms with Crippen LogP contribution in [0.2, 0.25) is 0 Å². The smallest absolute Gasteiger partial charge is 0.220 e. The summed E-state index contributed by atoms with van der Waals surface area (Å²) in [6.07, 6.45) is 3.93. The molecule has 132 valence electrons. The van der Waals surface area contributed by atoms with Crippen molar-refractivity contribution in [1.29, 1.82) is 0 Å². The third-order valence-corrected chi connectivity index (χ3v) is 4.95. The van der Waals surface area contributed by atoms with E-state index in [2.05, 4.69) is 17.6 Å². The largest absolute Gasteiger partial charge is 0.490 e. The second kappa shape index (κ2) is 8.38. The highest BCUT2D eigenvalue weighted by molar-refractivity contribution is 5.76. The topological polar surface area (TPSA) is 59.6 Å². The number of benzene rings is 1. The highest BCUT2D eigenvalue weighted by Gasteiger charge is 2.22. The van der Waals surface area contributed by atoms with E-state index in [9.17, 15) is 4.79 Å². The maximum Gasteiger partial charge on any atom is 0.220 e. The summed E-state index contributed by atoms with van der Waals surface area (Å²) < 4.78 is 11.3. The average Bonchev–Trinajstić information content (AvgIpc) is 2.85. The van der Waals surface area contributed by atoms with Gasteiger partial charge in [-0.25, -0.2) is 0 Å². The van der Waals surface area contributed by atoms with E-state index in [4.69, 9.17) is 9.47 Å². The molecule has 5 heteroatoms. The van der Waals surface area contributed by atoms with Crippen molar-refractivity contribution in [3.63, 3.8) is 0 Å². The van der Waals surface area contributed by atoms with Gasteiger partial charge in [0.05, 0.1) is 13.2 Å². The van der Waals surface area contributed by atoms with Crippen LogP contribution in [-0.2, 0) is 11.3 Å². The molecule has 2 aliphatic rings. The number of rotatable bonds is 5. The molecule has 1 saturated heterocycles. The van der Waals surface area contributed by atoms with Crippen LogP contribution in [-0.4, -0.2) is 32.2 Å². The van der Waals surface area contributed by atoms with Gasteiger partial charge in [-0.05, 0) is 55.5 Å². The van der Waals surface area contributed by atoms with E-state index in [1.807, 2.05) is 18.2 Å². The van der Waals surface area contributed by atoms with E-state index in [1.54, 1.807) is 0 Å². The van der Waals surface area contributed by atoms with Crippen LogP contribution < -0.4 is 20.1 Å². The van der Waals surface area contributed by atoms with E-state index < -0.39 is 0 Å². The van der Waals surface area contributed by atoms with Crippen LogP contribution in [0.5, 0.6) is 11.5 Å². The second-order valence-electron chi connectivity index (χ2n) is 6.90.